The molecule has 4 nitrogen and oxygen atoms in total. The van der Waals surface area contributed by atoms with E-state index in [1.165, 1.54) is 7.05 Å². The first-order valence-electron chi connectivity index (χ1n) is 5.08. The molecule has 1 aromatic carbocycles. The second-order valence-corrected chi connectivity index (χ2v) is 6.55. The first kappa shape index (κ1) is 16.2. The molecule has 0 saturated carbocycles. The van der Waals surface area contributed by atoms with E-state index in [9.17, 15) is 29.0 Å². The summed E-state index contributed by atoms with van der Waals surface area (Å²) in [7, 11) is -8.49. The Morgan fingerprint density at radius 3 is 1.90 bits per heavy atom. The highest BCUT2D eigenvalue weighted by Gasteiger charge is 2.65. The Hall–Kier alpha value is -1.84. The second kappa shape index (κ2) is 4.08. The van der Waals surface area contributed by atoms with Gasteiger partial charge in [0.1, 0.15) is 4.90 Å². The maximum absolute atomic E-state index is 12.5. The fraction of sp³-hybridized carbons (Fsp3) is 0.200. The highest BCUT2D eigenvalue weighted by atomic mass is 32.5. The van der Waals surface area contributed by atoms with Crippen molar-refractivity contribution >= 4 is 22.0 Å². The number of primary amides is 1. The van der Waals surface area contributed by atoms with Gasteiger partial charge < -0.3 is 10.6 Å². The molecule has 0 aromatic heterocycles. The van der Waals surface area contributed by atoms with Gasteiger partial charge >= 0.3 is 22.0 Å². The predicted molar refractivity (Wildman–Crippen MR) is 63.5 cm³/mol. The van der Waals surface area contributed by atoms with Gasteiger partial charge in [-0.15, -0.1) is 0 Å². The molecule has 0 radical (unpaired) electrons. The summed E-state index contributed by atoms with van der Waals surface area (Å²) in [5.41, 5.74) is 4.88. The van der Waals surface area contributed by atoms with Crippen molar-refractivity contribution in [3.8, 4) is 0 Å². The zero-order valence-electron chi connectivity index (χ0n) is 10.2. The molecule has 0 aliphatic carbocycles. The van der Waals surface area contributed by atoms with Gasteiger partial charge in [0.2, 0.25) is 0 Å². The normalized spacial score (nSPS) is 15.1. The molecule has 0 saturated heterocycles. The van der Waals surface area contributed by atoms with Crippen molar-refractivity contribution < 1.29 is 29.0 Å². The Balaban J connectivity index is 2.95. The molecule has 0 heterocycles. The van der Waals surface area contributed by atoms with Gasteiger partial charge in [-0.25, -0.2) is 0 Å². The van der Waals surface area contributed by atoms with Crippen LogP contribution in [0.15, 0.2) is 29.2 Å². The van der Waals surface area contributed by atoms with Crippen molar-refractivity contribution in [2.24, 2.45) is 5.73 Å². The molecule has 0 atom stereocenters. The zero-order chi connectivity index (χ0) is 15.8. The van der Waals surface area contributed by atoms with E-state index in [4.69, 9.17) is 5.73 Å². The number of hydrogen-bond donors (Lipinski definition) is 1. The van der Waals surface area contributed by atoms with E-state index >= 15 is 0 Å². The highest BCUT2D eigenvalue weighted by Crippen LogP contribution is 3.02. The Bertz CT molecular complexity index is 555. The van der Waals surface area contributed by atoms with Crippen LogP contribution in [-0.4, -0.2) is 23.8 Å². The third-order valence-electron chi connectivity index (χ3n) is 2.35. The van der Waals surface area contributed by atoms with Gasteiger partial charge in [-0.2, -0.15) is 0 Å². The number of carbonyl (C=O) groups excluding carboxylic acids is 2. The average Bonchev–Trinajstić information content (AvgIpc) is 2.25. The molecule has 0 spiro atoms. The van der Waals surface area contributed by atoms with Gasteiger partial charge in [0.25, 0.3) is 0 Å². The molecule has 114 valence electrons. The summed E-state index contributed by atoms with van der Waals surface area (Å²) in [5.74, 6) is -2.27. The lowest BCUT2D eigenvalue weighted by molar-refractivity contribution is -0.143. The van der Waals surface area contributed by atoms with Gasteiger partial charge in [-0.1, -0.05) is 31.6 Å². The van der Waals surface area contributed by atoms with Crippen LogP contribution in [0.25, 0.3) is 0 Å². The van der Waals surface area contributed by atoms with Crippen molar-refractivity contribution in [3.05, 3.63) is 29.8 Å². The van der Waals surface area contributed by atoms with Gasteiger partial charge in [-0.3, -0.25) is 9.59 Å². The van der Waals surface area contributed by atoms with E-state index in [1.807, 2.05) is 0 Å². The third-order valence-corrected chi connectivity index (χ3v) is 3.51. The molecule has 0 unspecified atom stereocenters. The summed E-state index contributed by atoms with van der Waals surface area (Å²) in [5, 5.41) is 0. The van der Waals surface area contributed by atoms with Crippen LogP contribution < -0.4 is 5.73 Å². The van der Waals surface area contributed by atoms with Crippen LogP contribution in [0.1, 0.15) is 5.56 Å². The fourth-order valence-electron chi connectivity index (χ4n) is 1.39. The summed E-state index contributed by atoms with van der Waals surface area (Å²) in [6.07, 6.45) is 0. The first-order chi connectivity index (χ1) is 8.70. The predicted octanol–water partition coefficient (Wildman–Crippen LogP) is 2.79. The minimum Gasteiger partial charge on any atom is -0.361 e. The van der Waals surface area contributed by atoms with Crippen molar-refractivity contribution in [1.82, 2.24) is 4.90 Å². The Labute approximate surface area is 111 Å². The molecule has 1 aromatic rings. The number of amides is 2. The maximum Gasteiger partial charge on any atom is 0.311 e. The number of rotatable bonds is 3. The van der Waals surface area contributed by atoms with Crippen molar-refractivity contribution in [2.45, 2.75) is 11.4 Å². The molecule has 0 aliphatic heterocycles. The number of benzene rings is 1. The van der Waals surface area contributed by atoms with Crippen LogP contribution in [0.3, 0.4) is 0 Å². The van der Waals surface area contributed by atoms with Crippen LogP contribution in [-0.2, 0) is 16.1 Å². The first-order valence-corrected chi connectivity index (χ1v) is 7.04. The van der Waals surface area contributed by atoms with Crippen LogP contribution in [0.4, 0.5) is 19.4 Å². The SMILES string of the molecule is CN(Cc1ccc(S(F)(F)(F)(F)F)cc1)C(=O)C(N)=O. The molecule has 2 amide bonds. The minimum absolute atomic E-state index is 0.146. The number of hydrogen-bond acceptors (Lipinski definition) is 2. The Morgan fingerprint density at radius 2 is 1.55 bits per heavy atom. The molecule has 2 N–H and O–H groups in total. The van der Waals surface area contributed by atoms with E-state index in [2.05, 4.69) is 0 Å². The minimum atomic E-state index is -9.69. The molecular formula is C10H11F5N2O2S. The van der Waals surface area contributed by atoms with E-state index in [-0.39, 0.29) is 24.2 Å². The molecule has 0 aliphatic rings. The van der Waals surface area contributed by atoms with Crippen LogP contribution in [0, 0.1) is 0 Å². The number of nitrogens with two attached hydrogens (primary N) is 1. The van der Waals surface area contributed by atoms with E-state index in [0.717, 1.165) is 17.0 Å². The van der Waals surface area contributed by atoms with Crippen molar-refractivity contribution in [3.63, 3.8) is 0 Å². The third kappa shape index (κ3) is 4.08. The fourth-order valence-corrected chi connectivity index (χ4v) is 2.04. The van der Waals surface area contributed by atoms with Crippen LogP contribution in [0.5, 0.6) is 0 Å². The molecule has 20 heavy (non-hydrogen) atoms. The van der Waals surface area contributed by atoms with E-state index in [0.29, 0.717) is 0 Å². The lowest BCUT2D eigenvalue weighted by Crippen LogP contribution is -2.37. The molecule has 1 rings (SSSR count). The summed E-state index contributed by atoms with van der Waals surface area (Å²) in [6.45, 7) is -0.234. The molecular weight excluding hydrogens is 307 g/mol. The van der Waals surface area contributed by atoms with Gasteiger partial charge in [-0.05, 0) is 17.7 Å². The summed E-state index contributed by atoms with van der Waals surface area (Å²) < 4.78 is 62.3. The summed E-state index contributed by atoms with van der Waals surface area (Å²) >= 11 is 0. The summed E-state index contributed by atoms with van der Waals surface area (Å²) in [4.78, 5) is 20.6. The quantitative estimate of drug-likeness (QED) is 0.688. The smallest absolute Gasteiger partial charge is 0.311 e. The highest BCUT2D eigenvalue weighted by molar-refractivity contribution is 8.45. The topological polar surface area (TPSA) is 63.4 Å². The van der Waals surface area contributed by atoms with Gasteiger partial charge in [0.05, 0.1) is 0 Å². The van der Waals surface area contributed by atoms with Crippen LogP contribution in [0.2, 0.25) is 0 Å². The average molecular weight is 318 g/mol. The van der Waals surface area contributed by atoms with Gasteiger partial charge in [0, 0.05) is 13.6 Å². The molecule has 0 bridgehead atoms. The lowest BCUT2D eigenvalue weighted by Gasteiger charge is -2.40. The largest absolute Gasteiger partial charge is 0.361 e. The van der Waals surface area contributed by atoms with E-state index < -0.39 is 26.9 Å². The number of carbonyl (C=O) groups is 2. The zero-order valence-corrected chi connectivity index (χ0v) is 11.0. The Kier molecular flexibility index (Phi) is 3.30. The second-order valence-electron chi connectivity index (χ2n) is 4.14. The lowest BCUT2D eigenvalue weighted by atomic mass is 10.2. The Morgan fingerprint density at radius 1 is 1.10 bits per heavy atom. The number of nitrogens with zero attached hydrogens (tertiary/aromatic N) is 1. The van der Waals surface area contributed by atoms with E-state index in [1.54, 1.807) is 0 Å². The van der Waals surface area contributed by atoms with Crippen LogP contribution >= 0.6 is 10.2 Å². The van der Waals surface area contributed by atoms with Crippen molar-refractivity contribution in [1.29, 1.82) is 0 Å². The standard InChI is InChI=1S/C10H11F5N2O2S/c1-17(10(19)9(16)18)6-7-2-4-8(5-3-7)20(11,12,13,14)15/h2-5H,6H2,1H3,(H2,16,18). The van der Waals surface area contributed by atoms with Gasteiger partial charge in [0.15, 0.2) is 0 Å². The number of likely N-dealkylation sites (N-methyl/N-ethyl adjacent to an activating group) is 1. The number of halogens is 5. The molecule has 10 heteroatoms. The monoisotopic (exact) mass is 318 g/mol. The van der Waals surface area contributed by atoms with Crippen molar-refractivity contribution in [2.75, 3.05) is 7.05 Å². The maximum atomic E-state index is 12.5. The summed E-state index contributed by atoms with van der Waals surface area (Å²) in [6, 6.07) is 2.08. The molecule has 0 fully saturated rings.